The van der Waals surface area contributed by atoms with Crippen molar-refractivity contribution in [1.29, 1.82) is 0 Å². The van der Waals surface area contributed by atoms with Gasteiger partial charge in [-0.1, -0.05) is 29.5 Å². The second kappa shape index (κ2) is 3.72. The molecule has 2 aromatic rings. The molecule has 0 atom stereocenters. The fourth-order valence-electron chi connectivity index (χ4n) is 2.31. The lowest BCUT2D eigenvalue weighted by atomic mass is 10.1. The third-order valence-electron chi connectivity index (χ3n) is 3.17. The first kappa shape index (κ1) is 9.54. The molecule has 1 aromatic heterocycles. The number of aromatic nitrogens is 3. The smallest absolute Gasteiger partial charge is 0.0962 e. The Morgan fingerprint density at radius 1 is 1.25 bits per heavy atom. The maximum absolute atomic E-state index is 5.53. The van der Waals surface area contributed by atoms with Gasteiger partial charge in [0, 0.05) is 6.54 Å². The maximum atomic E-state index is 5.53. The third kappa shape index (κ3) is 1.51. The van der Waals surface area contributed by atoms with Crippen LogP contribution in [-0.2, 0) is 19.4 Å². The quantitative estimate of drug-likeness (QED) is 0.813. The lowest BCUT2D eigenvalue weighted by molar-refractivity contribution is 0.461. The van der Waals surface area contributed by atoms with Gasteiger partial charge in [0.15, 0.2) is 0 Å². The van der Waals surface area contributed by atoms with E-state index in [9.17, 15) is 0 Å². The highest BCUT2D eigenvalue weighted by Gasteiger charge is 2.23. The topological polar surface area (TPSA) is 56.7 Å². The molecule has 0 spiro atoms. The molecule has 16 heavy (non-hydrogen) atoms. The van der Waals surface area contributed by atoms with Crippen molar-refractivity contribution in [3.63, 3.8) is 0 Å². The molecule has 1 aromatic carbocycles. The summed E-state index contributed by atoms with van der Waals surface area (Å²) in [6, 6.07) is 8.97. The largest absolute Gasteiger partial charge is 0.325 e. The van der Waals surface area contributed by atoms with Gasteiger partial charge in [-0.3, -0.25) is 0 Å². The molecule has 82 valence electrons. The van der Waals surface area contributed by atoms with E-state index in [0.717, 1.165) is 18.5 Å². The molecule has 3 rings (SSSR count). The molecule has 0 saturated carbocycles. The highest BCUT2D eigenvalue weighted by molar-refractivity contribution is 5.32. The summed E-state index contributed by atoms with van der Waals surface area (Å²) in [6.07, 6.45) is 4.05. The van der Waals surface area contributed by atoms with Crippen molar-refractivity contribution in [3.05, 3.63) is 47.3 Å². The first-order valence-electron chi connectivity index (χ1n) is 5.54. The minimum absolute atomic E-state index is 0.408. The standard InChI is InChI=1S/C12H14N4/c13-7-11-8-16(15-14-11)12-5-9-3-1-2-4-10(9)6-12/h1-4,8,12H,5-7,13H2. The summed E-state index contributed by atoms with van der Waals surface area (Å²) < 4.78 is 1.95. The van der Waals surface area contributed by atoms with Gasteiger partial charge >= 0.3 is 0 Å². The molecule has 1 aliphatic carbocycles. The predicted octanol–water partition coefficient (Wildman–Crippen LogP) is 1.08. The van der Waals surface area contributed by atoms with Crippen LogP contribution < -0.4 is 5.73 Å². The van der Waals surface area contributed by atoms with E-state index in [1.54, 1.807) is 0 Å². The fraction of sp³-hybridized carbons (Fsp3) is 0.333. The highest BCUT2D eigenvalue weighted by atomic mass is 15.4. The predicted molar refractivity (Wildman–Crippen MR) is 60.8 cm³/mol. The van der Waals surface area contributed by atoms with Gasteiger partial charge in [0.05, 0.1) is 17.9 Å². The van der Waals surface area contributed by atoms with Crippen LogP contribution in [0, 0.1) is 0 Å². The zero-order valence-electron chi connectivity index (χ0n) is 9.00. The molecule has 2 N–H and O–H groups in total. The summed E-state index contributed by atoms with van der Waals surface area (Å²) in [6.45, 7) is 0.458. The monoisotopic (exact) mass is 214 g/mol. The average Bonchev–Trinajstić information content (AvgIpc) is 2.95. The van der Waals surface area contributed by atoms with Crippen LogP contribution in [0.25, 0.3) is 0 Å². The highest BCUT2D eigenvalue weighted by Crippen LogP contribution is 2.29. The van der Waals surface area contributed by atoms with Crippen LogP contribution in [0.1, 0.15) is 22.9 Å². The number of nitrogens with zero attached hydrogens (tertiary/aromatic N) is 3. The molecule has 1 heterocycles. The van der Waals surface area contributed by atoms with Gasteiger partial charge in [0.1, 0.15) is 0 Å². The SMILES string of the molecule is NCc1cn(C2Cc3ccccc3C2)nn1. The number of rotatable bonds is 2. The summed E-state index contributed by atoms with van der Waals surface area (Å²) >= 11 is 0. The Morgan fingerprint density at radius 3 is 2.50 bits per heavy atom. The Kier molecular flexibility index (Phi) is 2.22. The number of fused-ring (bicyclic) bond motifs is 1. The van der Waals surface area contributed by atoms with E-state index in [1.165, 1.54) is 11.1 Å². The number of hydrogen-bond acceptors (Lipinski definition) is 3. The zero-order valence-corrected chi connectivity index (χ0v) is 9.00. The van der Waals surface area contributed by atoms with Crippen LogP contribution in [0.3, 0.4) is 0 Å². The molecule has 0 radical (unpaired) electrons. The average molecular weight is 214 g/mol. The number of benzene rings is 1. The Bertz CT molecular complexity index is 478. The second-order valence-corrected chi connectivity index (χ2v) is 4.22. The number of hydrogen-bond donors (Lipinski definition) is 1. The molecular weight excluding hydrogens is 200 g/mol. The van der Waals surface area contributed by atoms with Gasteiger partial charge in [0.25, 0.3) is 0 Å². The van der Waals surface area contributed by atoms with Crippen molar-refractivity contribution in [2.75, 3.05) is 0 Å². The van der Waals surface area contributed by atoms with Crippen molar-refractivity contribution in [2.45, 2.75) is 25.4 Å². The van der Waals surface area contributed by atoms with Gasteiger partial charge in [-0.25, -0.2) is 4.68 Å². The Labute approximate surface area is 94.1 Å². The molecule has 0 saturated heterocycles. The lowest BCUT2D eigenvalue weighted by Gasteiger charge is -2.07. The van der Waals surface area contributed by atoms with Crippen LogP contribution in [0.15, 0.2) is 30.5 Å². The summed E-state index contributed by atoms with van der Waals surface area (Å²) in [5, 5.41) is 8.17. The fourth-order valence-corrected chi connectivity index (χ4v) is 2.31. The minimum atomic E-state index is 0.408. The van der Waals surface area contributed by atoms with E-state index in [4.69, 9.17) is 5.73 Å². The molecule has 0 fully saturated rings. The van der Waals surface area contributed by atoms with Crippen molar-refractivity contribution in [2.24, 2.45) is 5.73 Å². The van der Waals surface area contributed by atoms with Crippen LogP contribution >= 0.6 is 0 Å². The van der Waals surface area contributed by atoms with Gasteiger partial charge in [-0.05, 0) is 24.0 Å². The van der Waals surface area contributed by atoms with Crippen LogP contribution in [0.5, 0.6) is 0 Å². The molecular formula is C12H14N4. The summed E-state index contributed by atoms with van der Waals surface area (Å²) in [5.74, 6) is 0. The van der Waals surface area contributed by atoms with Crippen LogP contribution in [-0.4, -0.2) is 15.0 Å². The summed E-state index contributed by atoms with van der Waals surface area (Å²) in [5.41, 5.74) is 9.24. The van der Waals surface area contributed by atoms with Crippen molar-refractivity contribution >= 4 is 0 Å². The first-order valence-corrected chi connectivity index (χ1v) is 5.54. The van der Waals surface area contributed by atoms with Gasteiger partial charge in [0.2, 0.25) is 0 Å². The molecule has 0 bridgehead atoms. The van der Waals surface area contributed by atoms with Crippen LogP contribution in [0.4, 0.5) is 0 Å². The van der Waals surface area contributed by atoms with E-state index < -0.39 is 0 Å². The number of nitrogens with two attached hydrogens (primary N) is 1. The molecule has 0 unspecified atom stereocenters. The van der Waals surface area contributed by atoms with E-state index in [0.29, 0.717) is 12.6 Å². The van der Waals surface area contributed by atoms with Gasteiger partial charge < -0.3 is 5.73 Å². The van der Waals surface area contributed by atoms with Crippen molar-refractivity contribution < 1.29 is 0 Å². The van der Waals surface area contributed by atoms with Crippen LogP contribution in [0.2, 0.25) is 0 Å². The summed E-state index contributed by atoms with van der Waals surface area (Å²) in [4.78, 5) is 0. The molecule has 1 aliphatic rings. The van der Waals surface area contributed by atoms with Crippen molar-refractivity contribution in [3.8, 4) is 0 Å². The summed E-state index contributed by atoms with van der Waals surface area (Å²) in [7, 11) is 0. The Morgan fingerprint density at radius 2 is 1.94 bits per heavy atom. The Hall–Kier alpha value is -1.68. The van der Waals surface area contributed by atoms with Gasteiger partial charge in [-0.15, -0.1) is 5.10 Å². The lowest BCUT2D eigenvalue weighted by Crippen LogP contribution is -2.09. The second-order valence-electron chi connectivity index (χ2n) is 4.22. The molecule has 0 amide bonds. The third-order valence-corrected chi connectivity index (χ3v) is 3.17. The molecule has 4 heteroatoms. The van der Waals surface area contributed by atoms with Gasteiger partial charge in [-0.2, -0.15) is 0 Å². The molecule has 4 nitrogen and oxygen atoms in total. The van der Waals surface area contributed by atoms with E-state index in [1.807, 2.05) is 10.9 Å². The van der Waals surface area contributed by atoms with Crippen molar-refractivity contribution in [1.82, 2.24) is 15.0 Å². The van der Waals surface area contributed by atoms with E-state index in [2.05, 4.69) is 34.6 Å². The first-order chi connectivity index (χ1) is 7.86. The normalized spacial score (nSPS) is 15.3. The minimum Gasteiger partial charge on any atom is -0.325 e. The maximum Gasteiger partial charge on any atom is 0.0962 e. The van der Waals surface area contributed by atoms with E-state index >= 15 is 0 Å². The Balaban J connectivity index is 1.85. The van der Waals surface area contributed by atoms with E-state index in [-0.39, 0.29) is 0 Å². The molecule has 0 aliphatic heterocycles. The zero-order chi connectivity index (χ0) is 11.0.